The van der Waals surface area contributed by atoms with Gasteiger partial charge in [-0.25, -0.2) is 4.98 Å². The molecule has 0 saturated carbocycles. The topological polar surface area (TPSA) is 71.8 Å². The van der Waals surface area contributed by atoms with Crippen molar-refractivity contribution >= 4 is 12.4 Å². The van der Waals surface area contributed by atoms with Gasteiger partial charge in [0.1, 0.15) is 17.3 Å². The van der Waals surface area contributed by atoms with E-state index in [2.05, 4.69) is 30.6 Å². The zero-order valence-electron chi connectivity index (χ0n) is 24.3. The molecule has 1 saturated heterocycles. The van der Waals surface area contributed by atoms with Gasteiger partial charge in [0.2, 0.25) is 0 Å². The minimum Gasteiger partial charge on any atom is -0.493 e. The number of fused-ring (bicyclic) bond motifs is 4. The molecule has 40 heavy (non-hydrogen) atoms. The summed E-state index contributed by atoms with van der Waals surface area (Å²) in [4.78, 5) is 16.7. The molecule has 7 heteroatoms. The van der Waals surface area contributed by atoms with Crippen LogP contribution in [0.4, 0.5) is 0 Å². The number of hydrogen-bond acceptors (Lipinski definition) is 6. The van der Waals surface area contributed by atoms with E-state index >= 15 is 0 Å². The molecule has 212 valence electrons. The third-order valence-corrected chi connectivity index (χ3v) is 7.48. The average molecular weight is 545 g/mol. The number of carbonyl (C=O) groups is 1. The van der Waals surface area contributed by atoms with E-state index in [-0.39, 0.29) is 6.10 Å². The van der Waals surface area contributed by atoms with Gasteiger partial charge in [0.05, 0.1) is 37.8 Å². The fourth-order valence-electron chi connectivity index (χ4n) is 5.55. The minimum absolute atomic E-state index is 0.00461. The van der Waals surface area contributed by atoms with E-state index < -0.39 is 0 Å². The summed E-state index contributed by atoms with van der Waals surface area (Å²) in [6.45, 7) is 11.1. The number of benzene rings is 2. The lowest BCUT2D eigenvalue weighted by atomic mass is 9.87. The van der Waals surface area contributed by atoms with Gasteiger partial charge >= 0.3 is 0 Å². The number of hydrogen-bond donors (Lipinski definition) is 0. The second-order valence-corrected chi connectivity index (χ2v) is 11.6. The normalized spacial score (nSPS) is 16.9. The van der Waals surface area contributed by atoms with Crippen molar-refractivity contribution in [3.8, 4) is 34.3 Å². The minimum atomic E-state index is 0.00461. The summed E-state index contributed by atoms with van der Waals surface area (Å²) < 4.78 is 25.0. The summed E-state index contributed by atoms with van der Waals surface area (Å²) in [5.74, 6) is 2.95. The van der Waals surface area contributed by atoms with Crippen LogP contribution in [0.3, 0.4) is 0 Å². The molecule has 6 rings (SSSR count). The Labute approximate surface area is 237 Å². The van der Waals surface area contributed by atoms with Crippen molar-refractivity contribution in [2.75, 3.05) is 26.9 Å². The second kappa shape index (κ2) is 11.9. The van der Waals surface area contributed by atoms with Crippen LogP contribution in [0, 0.1) is 5.41 Å². The van der Waals surface area contributed by atoms with Crippen LogP contribution in [0.25, 0.3) is 23.2 Å². The first kappa shape index (κ1) is 28.0. The molecule has 3 aromatic rings. The molecule has 0 radical (unpaired) electrons. The quantitative estimate of drug-likeness (QED) is 0.327. The Morgan fingerprint density at radius 1 is 1.12 bits per heavy atom. The molecule has 0 spiro atoms. The monoisotopic (exact) mass is 544 g/mol. The Morgan fingerprint density at radius 3 is 2.65 bits per heavy atom. The van der Waals surface area contributed by atoms with Gasteiger partial charge in [-0.05, 0) is 69.1 Å². The first-order chi connectivity index (χ1) is 19.3. The van der Waals surface area contributed by atoms with Crippen LogP contribution in [0.15, 0.2) is 36.4 Å². The van der Waals surface area contributed by atoms with Gasteiger partial charge in [-0.3, -0.25) is 9.36 Å². The highest BCUT2D eigenvalue weighted by Gasteiger charge is 2.28. The summed E-state index contributed by atoms with van der Waals surface area (Å²) in [6.07, 6.45) is 10.0. The van der Waals surface area contributed by atoms with Crippen molar-refractivity contribution in [1.82, 2.24) is 9.55 Å². The van der Waals surface area contributed by atoms with Crippen molar-refractivity contribution in [2.24, 2.45) is 5.41 Å². The van der Waals surface area contributed by atoms with Gasteiger partial charge in [-0.1, -0.05) is 38.1 Å². The molecule has 0 unspecified atom stereocenters. The summed E-state index contributed by atoms with van der Waals surface area (Å²) in [5, 5.41) is 0. The first-order valence-corrected chi connectivity index (χ1v) is 14.3. The summed E-state index contributed by atoms with van der Waals surface area (Å²) in [6, 6.07) is 10.0. The van der Waals surface area contributed by atoms with Crippen LogP contribution in [0.1, 0.15) is 74.3 Å². The zero-order valence-corrected chi connectivity index (χ0v) is 24.3. The molecule has 4 heterocycles. The number of nitrogens with zero attached hydrogens (tertiary/aromatic N) is 2. The van der Waals surface area contributed by atoms with Gasteiger partial charge in [0.15, 0.2) is 17.8 Å². The van der Waals surface area contributed by atoms with Crippen LogP contribution in [0.5, 0.6) is 17.2 Å². The van der Waals surface area contributed by atoms with Crippen LogP contribution in [-0.2, 0) is 17.6 Å². The van der Waals surface area contributed by atoms with E-state index in [9.17, 15) is 4.79 Å². The Morgan fingerprint density at radius 2 is 1.98 bits per heavy atom. The maximum atomic E-state index is 11.9. The lowest BCUT2D eigenvalue weighted by molar-refractivity contribution is 0.0127. The first-order valence-electron chi connectivity index (χ1n) is 14.3. The number of imidazole rings is 1. The average Bonchev–Trinajstić information content (AvgIpc) is 3.14. The molecule has 0 atom stereocenters. The van der Waals surface area contributed by atoms with Gasteiger partial charge < -0.3 is 18.9 Å². The molecular formula is C33H40N2O5. The molecule has 0 bridgehead atoms. The SMILES string of the molecule is CC1(C)CCCOC1.COc1cc2c(cc1OC(C)C)-n1c(-c3cccc4c3C=CCCO4)nc(C=O)c1CC2. The van der Waals surface area contributed by atoms with Crippen LogP contribution >= 0.6 is 0 Å². The van der Waals surface area contributed by atoms with Crippen LogP contribution in [-0.4, -0.2) is 48.9 Å². The van der Waals surface area contributed by atoms with E-state index in [4.69, 9.17) is 23.9 Å². The number of carbonyl (C=O) groups excluding carboxylic acids is 1. The Bertz CT molecular complexity index is 1390. The second-order valence-electron chi connectivity index (χ2n) is 11.6. The summed E-state index contributed by atoms with van der Waals surface area (Å²) >= 11 is 0. The van der Waals surface area contributed by atoms with Crippen molar-refractivity contribution in [1.29, 1.82) is 0 Å². The third-order valence-electron chi connectivity index (χ3n) is 7.48. The van der Waals surface area contributed by atoms with E-state index in [1.165, 1.54) is 12.8 Å². The van der Waals surface area contributed by atoms with Crippen molar-refractivity contribution < 1.29 is 23.7 Å². The molecule has 2 aromatic carbocycles. The van der Waals surface area contributed by atoms with Crippen LogP contribution < -0.4 is 14.2 Å². The maximum absolute atomic E-state index is 11.9. The van der Waals surface area contributed by atoms with Gasteiger partial charge in [-0.15, -0.1) is 0 Å². The molecule has 3 aliphatic heterocycles. The number of aryl methyl sites for hydroxylation is 1. The fourth-order valence-corrected chi connectivity index (χ4v) is 5.55. The molecule has 3 aliphatic rings. The van der Waals surface area contributed by atoms with Gasteiger partial charge in [-0.2, -0.15) is 0 Å². The van der Waals surface area contributed by atoms with Crippen LogP contribution in [0.2, 0.25) is 0 Å². The molecule has 7 nitrogen and oxygen atoms in total. The lowest BCUT2D eigenvalue weighted by Gasteiger charge is -2.28. The van der Waals surface area contributed by atoms with Crippen molar-refractivity contribution in [3.63, 3.8) is 0 Å². The van der Waals surface area contributed by atoms with E-state index in [1.54, 1.807) is 7.11 Å². The number of aromatic nitrogens is 2. The lowest BCUT2D eigenvalue weighted by Crippen LogP contribution is -2.24. The van der Waals surface area contributed by atoms with Crippen molar-refractivity contribution in [3.05, 3.63) is 58.9 Å². The standard InChI is InChI=1S/C26H26N2O4.C7H14O/c1-16(2)32-25-14-22-17(13-24(25)30-3)10-11-21-20(15-29)27-26(28(21)22)19-8-6-9-23-18(19)7-4-5-12-31-23;1-7(2)4-3-5-8-6-7/h4,6-9,13-16H,5,10-12H2,1-3H3;3-6H2,1-2H3. The Hall–Kier alpha value is -3.58. The third kappa shape index (κ3) is 5.80. The smallest absolute Gasteiger partial charge is 0.170 e. The molecular weight excluding hydrogens is 504 g/mol. The highest BCUT2D eigenvalue weighted by atomic mass is 16.5. The maximum Gasteiger partial charge on any atom is 0.170 e. The highest BCUT2D eigenvalue weighted by Crippen LogP contribution is 2.41. The Balaban J connectivity index is 0.000000348. The highest BCUT2D eigenvalue weighted by molar-refractivity contribution is 5.82. The molecule has 1 aromatic heterocycles. The molecule has 1 fully saturated rings. The van der Waals surface area contributed by atoms with E-state index in [0.29, 0.717) is 29.2 Å². The van der Waals surface area contributed by atoms with E-state index in [1.807, 2.05) is 44.2 Å². The Kier molecular flexibility index (Phi) is 8.31. The molecule has 0 N–H and O–H groups in total. The molecule has 0 aliphatic carbocycles. The van der Waals surface area contributed by atoms with Crippen molar-refractivity contribution in [2.45, 2.75) is 65.9 Å². The zero-order chi connectivity index (χ0) is 28.3. The number of ether oxygens (including phenoxy) is 4. The number of aldehydes is 1. The van der Waals surface area contributed by atoms with E-state index in [0.717, 1.165) is 78.4 Å². The van der Waals surface area contributed by atoms with Gasteiger partial charge in [0.25, 0.3) is 0 Å². The predicted octanol–water partition coefficient (Wildman–Crippen LogP) is 6.86. The summed E-state index contributed by atoms with van der Waals surface area (Å²) in [7, 11) is 1.65. The predicted molar refractivity (Wildman–Crippen MR) is 157 cm³/mol. The number of methoxy groups -OCH3 is 1. The largest absolute Gasteiger partial charge is 0.493 e. The fraction of sp³-hybridized carbons (Fsp3) is 0.455. The number of rotatable bonds is 5. The molecule has 0 amide bonds. The summed E-state index contributed by atoms with van der Waals surface area (Å²) in [5.41, 5.74) is 5.87. The van der Waals surface area contributed by atoms with Gasteiger partial charge in [0, 0.05) is 23.8 Å².